The summed E-state index contributed by atoms with van der Waals surface area (Å²) in [5.41, 5.74) is 2.25. The van der Waals surface area contributed by atoms with E-state index in [1.165, 1.54) is 19.3 Å². The Morgan fingerprint density at radius 3 is 2.89 bits per heavy atom. The van der Waals surface area contributed by atoms with Crippen molar-refractivity contribution in [3.63, 3.8) is 0 Å². The summed E-state index contributed by atoms with van der Waals surface area (Å²) in [5, 5.41) is 7.16. The van der Waals surface area contributed by atoms with Gasteiger partial charge < -0.3 is 14.4 Å². The van der Waals surface area contributed by atoms with Gasteiger partial charge in [-0.2, -0.15) is 5.10 Å². The second kappa shape index (κ2) is 8.13. The topological polar surface area (TPSA) is 67.5 Å². The van der Waals surface area contributed by atoms with Crippen LogP contribution in [-0.4, -0.2) is 53.9 Å². The highest BCUT2D eigenvalue weighted by Crippen LogP contribution is 2.30. The van der Waals surface area contributed by atoms with Gasteiger partial charge in [0, 0.05) is 25.3 Å². The number of carbonyl (C=O) groups is 1. The van der Waals surface area contributed by atoms with Crippen LogP contribution in [0, 0.1) is 5.92 Å². The lowest BCUT2D eigenvalue weighted by molar-refractivity contribution is 0.0448. The van der Waals surface area contributed by atoms with Gasteiger partial charge in [-0.3, -0.25) is 9.89 Å². The average molecular weight is 369 g/mol. The van der Waals surface area contributed by atoms with Crippen molar-refractivity contribution in [2.24, 2.45) is 5.92 Å². The van der Waals surface area contributed by atoms with Crippen LogP contribution in [0.15, 0.2) is 30.5 Å². The summed E-state index contributed by atoms with van der Waals surface area (Å²) in [6.07, 6.45) is 7.60. The van der Waals surface area contributed by atoms with Crippen LogP contribution in [0.25, 0.3) is 11.3 Å². The predicted molar refractivity (Wildman–Crippen MR) is 103 cm³/mol. The van der Waals surface area contributed by atoms with Gasteiger partial charge in [-0.1, -0.05) is 18.6 Å². The Hall–Kier alpha value is -2.34. The predicted octanol–water partition coefficient (Wildman–Crippen LogP) is 3.51. The molecule has 1 aromatic carbocycles. The lowest BCUT2D eigenvalue weighted by Crippen LogP contribution is -2.41. The fourth-order valence-electron chi connectivity index (χ4n) is 3.88. The molecule has 144 valence electrons. The minimum atomic E-state index is 0.0315. The first-order chi connectivity index (χ1) is 13.2. The highest BCUT2D eigenvalue weighted by Gasteiger charge is 2.29. The van der Waals surface area contributed by atoms with Crippen LogP contribution >= 0.6 is 0 Å². The molecule has 2 fully saturated rings. The summed E-state index contributed by atoms with van der Waals surface area (Å²) < 4.78 is 11.1. The summed E-state index contributed by atoms with van der Waals surface area (Å²) in [6, 6.07) is 7.69. The van der Waals surface area contributed by atoms with E-state index in [0.29, 0.717) is 18.0 Å². The molecule has 4 rings (SSSR count). The number of methoxy groups -OCH3 is 1. The third-order valence-corrected chi connectivity index (χ3v) is 5.67. The van der Waals surface area contributed by atoms with E-state index in [2.05, 4.69) is 10.2 Å². The van der Waals surface area contributed by atoms with Crippen molar-refractivity contribution in [2.75, 3.05) is 26.8 Å². The smallest absolute Gasteiger partial charge is 0.257 e. The molecule has 1 atom stereocenters. The number of aromatic nitrogens is 2. The molecule has 1 aliphatic carbocycles. The highest BCUT2D eigenvalue weighted by atomic mass is 16.5. The van der Waals surface area contributed by atoms with Crippen LogP contribution in [0.3, 0.4) is 0 Å². The van der Waals surface area contributed by atoms with Gasteiger partial charge in [-0.05, 0) is 43.7 Å². The molecule has 1 unspecified atom stereocenters. The molecule has 6 heteroatoms. The molecule has 1 saturated carbocycles. The Morgan fingerprint density at radius 1 is 1.30 bits per heavy atom. The third-order valence-electron chi connectivity index (χ3n) is 5.67. The molecule has 1 aliphatic heterocycles. The van der Waals surface area contributed by atoms with Crippen molar-refractivity contribution in [1.82, 2.24) is 15.1 Å². The number of aromatic amines is 1. The average Bonchev–Trinajstić information content (AvgIpc) is 3.34. The highest BCUT2D eigenvalue weighted by molar-refractivity contribution is 5.99. The molecular weight excluding hydrogens is 342 g/mol. The Kier molecular flexibility index (Phi) is 5.43. The van der Waals surface area contributed by atoms with Gasteiger partial charge in [0.2, 0.25) is 0 Å². The van der Waals surface area contributed by atoms with Crippen LogP contribution < -0.4 is 4.74 Å². The summed E-state index contributed by atoms with van der Waals surface area (Å²) >= 11 is 0. The molecule has 2 aromatic rings. The number of nitrogens with one attached hydrogen (secondary N) is 1. The maximum absolute atomic E-state index is 13.4. The Labute approximate surface area is 159 Å². The summed E-state index contributed by atoms with van der Waals surface area (Å²) in [7, 11) is 1.64. The van der Waals surface area contributed by atoms with Crippen molar-refractivity contribution in [3.8, 4) is 17.0 Å². The molecule has 1 aromatic heterocycles. The van der Waals surface area contributed by atoms with Gasteiger partial charge in [-0.25, -0.2) is 0 Å². The quantitative estimate of drug-likeness (QED) is 0.811. The molecule has 1 saturated heterocycles. The summed E-state index contributed by atoms with van der Waals surface area (Å²) in [5.74, 6) is 1.40. The van der Waals surface area contributed by atoms with Crippen molar-refractivity contribution < 1.29 is 14.3 Å². The van der Waals surface area contributed by atoms with Gasteiger partial charge in [0.1, 0.15) is 5.75 Å². The van der Waals surface area contributed by atoms with Crippen LogP contribution in [0.4, 0.5) is 0 Å². The van der Waals surface area contributed by atoms with Crippen LogP contribution in [0.5, 0.6) is 5.75 Å². The zero-order valence-corrected chi connectivity index (χ0v) is 15.8. The van der Waals surface area contributed by atoms with E-state index in [9.17, 15) is 4.79 Å². The maximum atomic E-state index is 13.4. The molecule has 27 heavy (non-hydrogen) atoms. The van der Waals surface area contributed by atoms with Crippen molar-refractivity contribution in [2.45, 2.75) is 38.2 Å². The molecule has 6 nitrogen and oxygen atoms in total. The van der Waals surface area contributed by atoms with Gasteiger partial charge in [0.25, 0.3) is 5.91 Å². The lowest BCUT2D eigenvalue weighted by Gasteiger charge is -2.33. The van der Waals surface area contributed by atoms with Crippen LogP contribution in [-0.2, 0) is 4.74 Å². The van der Waals surface area contributed by atoms with E-state index in [1.807, 2.05) is 29.2 Å². The maximum Gasteiger partial charge on any atom is 0.257 e. The number of ether oxygens (including phenoxy) is 2. The number of benzene rings is 1. The molecule has 2 heterocycles. The van der Waals surface area contributed by atoms with E-state index in [1.54, 1.807) is 13.3 Å². The van der Waals surface area contributed by atoms with E-state index >= 15 is 0 Å². The number of carbonyl (C=O) groups excluding carboxylic acids is 1. The van der Waals surface area contributed by atoms with E-state index < -0.39 is 0 Å². The molecule has 0 radical (unpaired) electrons. The van der Waals surface area contributed by atoms with E-state index in [0.717, 1.165) is 43.0 Å². The number of hydrogen-bond acceptors (Lipinski definition) is 4. The van der Waals surface area contributed by atoms with E-state index in [4.69, 9.17) is 9.47 Å². The summed E-state index contributed by atoms with van der Waals surface area (Å²) in [4.78, 5) is 15.4. The zero-order valence-electron chi connectivity index (χ0n) is 15.8. The fraction of sp³-hybridized carbons (Fsp3) is 0.524. The van der Waals surface area contributed by atoms with Crippen molar-refractivity contribution >= 4 is 5.91 Å². The third kappa shape index (κ3) is 4.00. The monoisotopic (exact) mass is 369 g/mol. The second-order valence-corrected chi connectivity index (χ2v) is 7.53. The first-order valence-corrected chi connectivity index (χ1v) is 9.83. The normalized spacial score (nSPS) is 19.7. The van der Waals surface area contributed by atoms with Crippen molar-refractivity contribution in [1.29, 1.82) is 0 Å². The van der Waals surface area contributed by atoms with Crippen LogP contribution in [0.2, 0.25) is 0 Å². The molecule has 0 bridgehead atoms. The largest absolute Gasteiger partial charge is 0.497 e. The number of rotatable bonds is 7. The van der Waals surface area contributed by atoms with Gasteiger partial charge in [0.15, 0.2) is 0 Å². The van der Waals surface area contributed by atoms with Gasteiger partial charge in [0.05, 0.1) is 30.7 Å². The second-order valence-electron chi connectivity index (χ2n) is 7.53. The number of hydrogen-bond donors (Lipinski definition) is 1. The standard InChI is InChI=1S/C21H27N3O3/c1-26-17-8-3-7-16(11-17)20-19(12-22-23-20)21(25)24(13-15-5-2-6-15)14-18-9-4-10-27-18/h3,7-8,11-12,15,18H,2,4-6,9-10,13-14H2,1H3,(H,22,23). The Morgan fingerprint density at radius 2 is 2.19 bits per heavy atom. The Bertz CT molecular complexity index is 778. The number of nitrogens with zero attached hydrogens (tertiary/aromatic N) is 2. The fourth-order valence-corrected chi connectivity index (χ4v) is 3.88. The molecule has 0 spiro atoms. The first-order valence-electron chi connectivity index (χ1n) is 9.83. The molecule has 2 aliphatic rings. The van der Waals surface area contributed by atoms with Gasteiger partial charge in [-0.15, -0.1) is 0 Å². The van der Waals surface area contributed by atoms with Crippen LogP contribution in [0.1, 0.15) is 42.5 Å². The lowest BCUT2D eigenvalue weighted by atomic mass is 9.85. The first kappa shape index (κ1) is 18.0. The Balaban J connectivity index is 1.57. The number of amides is 1. The number of H-pyrrole nitrogens is 1. The zero-order chi connectivity index (χ0) is 18.6. The van der Waals surface area contributed by atoms with Gasteiger partial charge >= 0.3 is 0 Å². The minimum Gasteiger partial charge on any atom is -0.497 e. The van der Waals surface area contributed by atoms with E-state index in [-0.39, 0.29) is 12.0 Å². The summed E-state index contributed by atoms with van der Waals surface area (Å²) in [6.45, 7) is 2.27. The van der Waals surface area contributed by atoms with Crippen molar-refractivity contribution in [3.05, 3.63) is 36.0 Å². The molecule has 1 N–H and O–H groups in total. The minimum absolute atomic E-state index is 0.0315. The molecule has 1 amide bonds. The SMILES string of the molecule is COc1cccc(-c2[nH]ncc2C(=O)N(CC2CCC2)CC2CCCO2)c1. The molecular formula is C21H27N3O3.